The van der Waals surface area contributed by atoms with Crippen LogP contribution in [0, 0.1) is 0 Å². The van der Waals surface area contributed by atoms with Crippen molar-refractivity contribution in [1.29, 1.82) is 0 Å². The van der Waals surface area contributed by atoms with Crippen molar-refractivity contribution in [1.82, 2.24) is 0 Å². The second kappa shape index (κ2) is 7.27. The normalized spacial score (nSPS) is 8.93. The van der Waals surface area contributed by atoms with E-state index < -0.39 is 0 Å². The van der Waals surface area contributed by atoms with Gasteiger partial charge in [-0.2, -0.15) is 0 Å². The Morgan fingerprint density at radius 1 is 1.14 bits per heavy atom. The van der Waals surface area contributed by atoms with Gasteiger partial charge in [-0.3, -0.25) is 0 Å². The first kappa shape index (κ1) is 13.9. The molecule has 0 spiro atoms. The summed E-state index contributed by atoms with van der Waals surface area (Å²) < 4.78 is 1.12. The third kappa shape index (κ3) is 3.99. The summed E-state index contributed by atoms with van der Waals surface area (Å²) in [5.41, 5.74) is 2.65. The van der Waals surface area contributed by atoms with E-state index in [9.17, 15) is 0 Å². The topological polar surface area (TPSA) is 0 Å². The predicted molar refractivity (Wildman–Crippen MR) is 69.9 cm³/mol. The maximum absolute atomic E-state index is 3.75. The fourth-order valence-electron chi connectivity index (χ4n) is 1.29. The van der Waals surface area contributed by atoms with Crippen LogP contribution in [0.25, 0.3) is 0 Å². The molecule has 0 radical (unpaired) electrons. The average Bonchev–Trinajstić information content (AvgIpc) is 2.10. The van der Waals surface area contributed by atoms with Crippen molar-refractivity contribution in [3.63, 3.8) is 0 Å². The van der Waals surface area contributed by atoms with Crippen LogP contribution in [0.2, 0.25) is 0 Å². The van der Waals surface area contributed by atoms with Gasteiger partial charge in [-0.05, 0) is 36.1 Å². The summed E-state index contributed by atoms with van der Waals surface area (Å²) in [5.74, 6) is 0. The SMILES string of the molecule is C=CCc1ccc(Br)cc1CC=C.[H-].[H-].[Mg+2]. The van der Waals surface area contributed by atoms with Gasteiger partial charge in [0.15, 0.2) is 0 Å². The zero-order chi connectivity index (χ0) is 9.68. The van der Waals surface area contributed by atoms with E-state index in [-0.39, 0.29) is 25.9 Å². The van der Waals surface area contributed by atoms with Gasteiger partial charge in [0, 0.05) is 4.47 Å². The molecule has 1 aromatic carbocycles. The molecular formula is C12H15BrMg. The standard InChI is InChI=1S/C12H13Br.Mg.2H/c1-3-5-10-7-8-12(13)9-11(10)6-4-2;;;/h3-4,7-9H,1-2,5-6H2;;;/q;+2;2*-1. The molecule has 0 nitrogen and oxygen atoms in total. The zero-order valence-corrected chi connectivity index (χ0v) is 11.3. The summed E-state index contributed by atoms with van der Waals surface area (Å²) in [7, 11) is 0. The van der Waals surface area contributed by atoms with Gasteiger partial charge in [0.1, 0.15) is 0 Å². The molecular weight excluding hydrogens is 248 g/mol. The molecule has 0 fully saturated rings. The van der Waals surface area contributed by atoms with Gasteiger partial charge in [-0.25, -0.2) is 0 Å². The molecule has 0 bridgehead atoms. The molecule has 1 rings (SSSR count). The van der Waals surface area contributed by atoms with Gasteiger partial charge >= 0.3 is 23.1 Å². The van der Waals surface area contributed by atoms with Gasteiger partial charge < -0.3 is 2.85 Å². The summed E-state index contributed by atoms with van der Waals surface area (Å²) in [6, 6.07) is 6.33. The van der Waals surface area contributed by atoms with Crippen LogP contribution in [0.1, 0.15) is 14.0 Å². The summed E-state index contributed by atoms with van der Waals surface area (Å²) in [5, 5.41) is 0. The van der Waals surface area contributed by atoms with E-state index in [2.05, 4.69) is 47.3 Å². The first-order valence-electron chi connectivity index (χ1n) is 4.27. The maximum Gasteiger partial charge on any atom is 2.00 e. The molecule has 0 amide bonds. The van der Waals surface area contributed by atoms with Gasteiger partial charge in [0.2, 0.25) is 0 Å². The Labute approximate surface area is 113 Å². The first-order valence-corrected chi connectivity index (χ1v) is 5.06. The number of benzene rings is 1. The van der Waals surface area contributed by atoms with E-state index in [1.54, 1.807) is 0 Å². The fourth-order valence-corrected chi connectivity index (χ4v) is 1.70. The third-order valence-electron chi connectivity index (χ3n) is 1.90. The number of halogens is 1. The minimum Gasteiger partial charge on any atom is -1.00 e. The van der Waals surface area contributed by atoms with Crippen molar-refractivity contribution in [2.45, 2.75) is 12.8 Å². The van der Waals surface area contributed by atoms with Gasteiger partial charge in [-0.15, -0.1) is 13.2 Å². The average molecular weight is 263 g/mol. The quantitative estimate of drug-likeness (QED) is 0.573. The minimum atomic E-state index is 0. The fraction of sp³-hybridized carbons (Fsp3) is 0.167. The minimum absolute atomic E-state index is 0. The summed E-state index contributed by atoms with van der Waals surface area (Å²) in [6.07, 6.45) is 5.70. The van der Waals surface area contributed by atoms with E-state index in [0.29, 0.717) is 0 Å². The number of hydrogen-bond acceptors (Lipinski definition) is 0. The van der Waals surface area contributed by atoms with E-state index in [0.717, 1.165) is 17.3 Å². The van der Waals surface area contributed by atoms with Gasteiger partial charge in [0.25, 0.3) is 0 Å². The van der Waals surface area contributed by atoms with Crippen molar-refractivity contribution < 1.29 is 2.85 Å². The molecule has 0 aromatic heterocycles. The van der Waals surface area contributed by atoms with Crippen LogP contribution < -0.4 is 0 Å². The molecule has 0 heterocycles. The molecule has 0 atom stereocenters. The second-order valence-corrected chi connectivity index (χ2v) is 3.81. The van der Waals surface area contributed by atoms with Crippen LogP contribution in [-0.2, 0) is 12.8 Å². The van der Waals surface area contributed by atoms with Crippen LogP contribution in [-0.4, -0.2) is 23.1 Å². The Hall–Kier alpha value is -0.0538. The van der Waals surface area contributed by atoms with Crippen LogP contribution in [0.5, 0.6) is 0 Å². The Morgan fingerprint density at radius 3 is 2.29 bits per heavy atom. The van der Waals surface area contributed by atoms with E-state index in [1.807, 2.05) is 12.2 Å². The van der Waals surface area contributed by atoms with Crippen LogP contribution in [0.15, 0.2) is 48.0 Å². The van der Waals surface area contributed by atoms with E-state index in [1.165, 1.54) is 11.1 Å². The number of hydrogen-bond donors (Lipinski definition) is 0. The maximum atomic E-state index is 3.75. The molecule has 0 unspecified atom stereocenters. The Kier molecular flexibility index (Phi) is 7.24. The van der Waals surface area contributed by atoms with Crippen molar-refractivity contribution >= 4 is 39.0 Å². The molecule has 1 aromatic rings. The van der Waals surface area contributed by atoms with Crippen LogP contribution in [0.4, 0.5) is 0 Å². The van der Waals surface area contributed by atoms with Crippen LogP contribution in [0.3, 0.4) is 0 Å². The Balaban J connectivity index is -0.000000563. The first-order chi connectivity index (χ1) is 6.27. The summed E-state index contributed by atoms with van der Waals surface area (Å²) in [4.78, 5) is 0. The molecule has 0 aliphatic heterocycles. The van der Waals surface area contributed by atoms with Crippen molar-refractivity contribution in [2.24, 2.45) is 0 Å². The predicted octanol–water partition coefficient (Wildman–Crippen LogP) is 3.75. The van der Waals surface area contributed by atoms with E-state index in [4.69, 9.17) is 0 Å². The van der Waals surface area contributed by atoms with Gasteiger partial charge in [-0.1, -0.05) is 34.1 Å². The third-order valence-corrected chi connectivity index (χ3v) is 2.39. The molecule has 72 valence electrons. The molecule has 14 heavy (non-hydrogen) atoms. The van der Waals surface area contributed by atoms with E-state index >= 15 is 0 Å². The Morgan fingerprint density at radius 2 is 1.71 bits per heavy atom. The molecule has 0 saturated heterocycles. The zero-order valence-electron chi connectivity index (χ0n) is 10.3. The van der Waals surface area contributed by atoms with Crippen molar-refractivity contribution in [3.8, 4) is 0 Å². The number of rotatable bonds is 4. The molecule has 0 N–H and O–H groups in total. The van der Waals surface area contributed by atoms with Crippen molar-refractivity contribution in [2.75, 3.05) is 0 Å². The summed E-state index contributed by atoms with van der Waals surface area (Å²) in [6.45, 7) is 7.49. The number of allylic oxidation sites excluding steroid dienone is 2. The molecule has 0 aliphatic rings. The van der Waals surface area contributed by atoms with Crippen LogP contribution >= 0.6 is 15.9 Å². The summed E-state index contributed by atoms with van der Waals surface area (Å²) >= 11 is 3.46. The smallest absolute Gasteiger partial charge is 1.00 e. The van der Waals surface area contributed by atoms with Crippen molar-refractivity contribution in [3.05, 3.63) is 59.1 Å². The molecule has 0 aliphatic carbocycles. The second-order valence-electron chi connectivity index (χ2n) is 2.90. The Bertz CT molecular complexity index is 327. The molecule has 2 heteroatoms. The van der Waals surface area contributed by atoms with Gasteiger partial charge in [0.05, 0.1) is 0 Å². The molecule has 0 saturated carbocycles. The largest absolute Gasteiger partial charge is 2.00 e. The monoisotopic (exact) mass is 262 g/mol.